The van der Waals surface area contributed by atoms with Crippen LogP contribution in [0, 0.1) is 15.5 Å². The highest BCUT2D eigenvalue weighted by atomic mass is 19.1. The van der Waals surface area contributed by atoms with Gasteiger partial charge in [0.05, 0.1) is 23.4 Å². The highest BCUT2D eigenvalue weighted by molar-refractivity contribution is 5.71. The van der Waals surface area contributed by atoms with Crippen molar-refractivity contribution in [3.8, 4) is 0 Å². The van der Waals surface area contributed by atoms with Crippen LogP contribution in [-0.2, 0) is 0 Å². The Morgan fingerprint density at radius 1 is 1.53 bits per heavy atom. The fraction of sp³-hybridized carbons (Fsp3) is 0.667. The van der Waals surface area contributed by atoms with E-state index in [1.807, 2.05) is 0 Å². The van der Waals surface area contributed by atoms with Crippen molar-refractivity contribution in [1.29, 1.82) is 5.41 Å². The minimum Gasteiger partial charge on any atom is -0.380 e. The van der Waals surface area contributed by atoms with Crippen LogP contribution >= 0.6 is 0 Å². The molecule has 1 aliphatic carbocycles. The zero-order chi connectivity index (χ0) is 11.3. The first kappa shape index (κ1) is 11.6. The molecule has 15 heavy (non-hydrogen) atoms. The van der Waals surface area contributed by atoms with E-state index in [4.69, 9.17) is 5.41 Å². The van der Waals surface area contributed by atoms with E-state index in [2.05, 4.69) is 5.32 Å². The molecule has 0 spiro atoms. The molecule has 0 amide bonds. The van der Waals surface area contributed by atoms with Gasteiger partial charge in [-0.3, -0.25) is 10.1 Å². The van der Waals surface area contributed by atoms with Crippen molar-refractivity contribution in [2.24, 2.45) is 0 Å². The molecule has 2 unspecified atom stereocenters. The first-order chi connectivity index (χ1) is 7.15. The maximum absolute atomic E-state index is 13.3. The number of nitrogens with zero attached hydrogens (tertiary/aromatic N) is 1. The van der Waals surface area contributed by atoms with Crippen LogP contribution < -0.4 is 5.32 Å². The molecule has 84 valence electrons. The molecule has 1 rings (SSSR count). The third kappa shape index (κ3) is 3.30. The second-order valence-electron chi connectivity index (χ2n) is 3.54. The predicted octanol–water partition coefficient (Wildman–Crippen LogP) is 1.62. The van der Waals surface area contributed by atoms with Crippen molar-refractivity contribution < 1.29 is 9.31 Å². The maximum atomic E-state index is 13.3. The van der Waals surface area contributed by atoms with Gasteiger partial charge in [-0.15, -0.1) is 0 Å². The van der Waals surface area contributed by atoms with Gasteiger partial charge in [0.25, 0.3) is 0 Å². The van der Waals surface area contributed by atoms with Crippen molar-refractivity contribution in [3.05, 3.63) is 22.0 Å². The summed E-state index contributed by atoms with van der Waals surface area (Å²) in [5, 5.41) is 19.8. The summed E-state index contributed by atoms with van der Waals surface area (Å²) in [6.07, 6.45) is 3.79. The number of hydrogen-bond donors (Lipinski definition) is 2. The second-order valence-corrected chi connectivity index (χ2v) is 3.54. The fourth-order valence-electron chi connectivity index (χ4n) is 1.61. The van der Waals surface area contributed by atoms with Gasteiger partial charge in [-0.05, 0) is 12.8 Å². The summed E-state index contributed by atoms with van der Waals surface area (Å²) in [5.74, 6) is 0. The Labute approximate surface area is 87.0 Å². The van der Waals surface area contributed by atoms with Gasteiger partial charge in [0.2, 0.25) is 0 Å². The van der Waals surface area contributed by atoms with Crippen LogP contribution in [0.5, 0.6) is 0 Å². The summed E-state index contributed by atoms with van der Waals surface area (Å²) in [5.41, 5.74) is -0.354. The lowest BCUT2D eigenvalue weighted by molar-refractivity contribution is -0.414. The highest BCUT2D eigenvalue weighted by Gasteiger charge is 2.24. The first-order valence-corrected chi connectivity index (χ1v) is 4.90. The first-order valence-electron chi connectivity index (χ1n) is 4.90. The summed E-state index contributed by atoms with van der Waals surface area (Å²) >= 11 is 0. The van der Waals surface area contributed by atoms with Crippen LogP contribution in [0.2, 0.25) is 0 Å². The Balaban J connectivity index is 2.53. The molecule has 2 N–H and O–H groups in total. The molecule has 0 aromatic heterocycles. The average Bonchev–Trinajstić information content (AvgIpc) is 2.21. The van der Waals surface area contributed by atoms with Gasteiger partial charge in [-0.2, -0.15) is 0 Å². The molecule has 0 saturated heterocycles. The summed E-state index contributed by atoms with van der Waals surface area (Å²) in [7, 11) is 0. The molecule has 0 bridgehead atoms. The summed E-state index contributed by atoms with van der Waals surface area (Å²) < 4.78 is 13.3. The lowest BCUT2D eigenvalue weighted by Gasteiger charge is -2.25. The van der Waals surface area contributed by atoms with E-state index in [9.17, 15) is 14.5 Å². The number of hydrogen-bond acceptors (Lipinski definition) is 4. The second kappa shape index (κ2) is 5.43. The van der Waals surface area contributed by atoms with Crippen molar-refractivity contribution in [2.45, 2.75) is 37.9 Å². The van der Waals surface area contributed by atoms with Crippen molar-refractivity contribution in [1.82, 2.24) is 5.32 Å². The van der Waals surface area contributed by atoms with E-state index in [-0.39, 0.29) is 11.7 Å². The Bertz CT molecular complexity index is 281. The predicted molar refractivity (Wildman–Crippen MR) is 54.1 cm³/mol. The Morgan fingerprint density at radius 2 is 2.20 bits per heavy atom. The van der Waals surface area contributed by atoms with E-state index in [0.29, 0.717) is 19.1 Å². The van der Waals surface area contributed by atoms with E-state index >= 15 is 0 Å². The van der Waals surface area contributed by atoms with Crippen LogP contribution in [0.25, 0.3) is 0 Å². The standard InChI is InChI=1S/C9H14FN3O2/c10-8-3-1-2-4-9(8)12-6-7(5-11)13(14)15/h5-6,8-9,11-12H,1-4H2/b7-6+,11-5?. The smallest absolute Gasteiger partial charge is 0.302 e. The zero-order valence-corrected chi connectivity index (χ0v) is 8.28. The maximum Gasteiger partial charge on any atom is 0.302 e. The molecule has 5 nitrogen and oxygen atoms in total. The Kier molecular flexibility index (Phi) is 4.20. The van der Waals surface area contributed by atoms with Crippen molar-refractivity contribution >= 4 is 6.21 Å². The number of halogens is 1. The number of nitro groups is 1. The Hall–Kier alpha value is -1.46. The van der Waals surface area contributed by atoms with E-state index in [1.165, 1.54) is 0 Å². The van der Waals surface area contributed by atoms with Gasteiger partial charge < -0.3 is 10.7 Å². The topological polar surface area (TPSA) is 79.0 Å². The lowest BCUT2D eigenvalue weighted by atomic mass is 9.94. The van der Waals surface area contributed by atoms with Crippen molar-refractivity contribution in [2.75, 3.05) is 0 Å². The zero-order valence-electron chi connectivity index (χ0n) is 8.28. The van der Waals surface area contributed by atoms with E-state index in [0.717, 1.165) is 19.0 Å². The summed E-state index contributed by atoms with van der Waals surface area (Å²) in [6, 6.07) is -0.353. The van der Waals surface area contributed by atoms with Gasteiger partial charge in [-0.1, -0.05) is 12.8 Å². The molecule has 6 heteroatoms. The van der Waals surface area contributed by atoms with Gasteiger partial charge in [-0.25, -0.2) is 4.39 Å². The van der Waals surface area contributed by atoms with E-state index in [1.54, 1.807) is 0 Å². The summed E-state index contributed by atoms with van der Waals surface area (Å²) in [6.45, 7) is 0. The minimum atomic E-state index is -0.950. The van der Waals surface area contributed by atoms with Gasteiger partial charge in [0.15, 0.2) is 0 Å². The molecule has 1 aliphatic rings. The number of rotatable bonds is 4. The summed E-state index contributed by atoms with van der Waals surface area (Å²) in [4.78, 5) is 9.67. The van der Waals surface area contributed by atoms with Crippen LogP contribution in [0.4, 0.5) is 4.39 Å². The molecular weight excluding hydrogens is 201 g/mol. The van der Waals surface area contributed by atoms with Crippen LogP contribution in [0.15, 0.2) is 11.9 Å². The Morgan fingerprint density at radius 3 is 2.73 bits per heavy atom. The normalized spacial score (nSPS) is 27.1. The molecule has 0 aromatic rings. The van der Waals surface area contributed by atoms with Crippen LogP contribution in [0.3, 0.4) is 0 Å². The minimum absolute atomic E-state index is 0.353. The number of nitrogens with one attached hydrogen (secondary N) is 2. The van der Waals surface area contributed by atoms with Crippen molar-refractivity contribution in [3.63, 3.8) is 0 Å². The molecule has 0 aromatic carbocycles. The molecule has 1 saturated carbocycles. The molecule has 1 fully saturated rings. The fourth-order valence-corrected chi connectivity index (χ4v) is 1.61. The average molecular weight is 215 g/mol. The largest absolute Gasteiger partial charge is 0.380 e. The molecular formula is C9H14FN3O2. The van der Waals surface area contributed by atoms with Gasteiger partial charge in [0.1, 0.15) is 6.17 Å². The van der Waals surface area contributed by atoms with Crippen LogP contribution in [0.1, 0.15) is 25.7 Å². The quantitative estimate of drug-likeness (QED) is 0.425. The third-order valence-corrected chi connectivity index (χ3v) is 2.49. The molecule has 0 radical (unpaired) electrons. The SMILES string of the molecule is N=C/C(=C\NC1CCCCC1F)[N+](=O)[O-]. The number of alkyl halides is 1. The molecule has 0 aliphatic heterocycles. The monoisotopic (exact) mass is 215 g/mol. The highest BCUT2D eigenvalue weighted by Crippen LogP contribution is 2.21. The van der Waals surface area contributed by atoms with E-state index < -0.39 is 11.1 Å². The number of allylic oxidation sites excluding steroid dienone is 1. The lowest BCUT2D eigenvalue weighted by Crippen LogP contribution is -2.37. The van der Waals surface area contributed by atoms with Gasteiger partial charge >= 0.3 is 5.70 Å². The van der Waals surface area contributed by atoms with Gasteiger partial charge in [0, 0.05) is 0 Å². The van der Waals surface area contributed by atoms with Crippen LogP contribution in [-0.4, -0.2) is 23.4 Å². The third-order valence-electron chi connectivity index (χ3n) is 2.49. The molecule has 2 atom stereocenters. The molecule has 0 heterocycles.